The van der Waals surface area contributed by atoms with Crippen LogP contribution in [0.2, 0.25) is 0 Å². The normalized spacial score (nSPS) is 11.8. The number of hydrogen-bond donors (Lipinski definition) is 1. The highest BCUT2D eigenvalue weighted by Gasteiger charge is 2.14. The third kappa shape index (κ3) is 2.48. The van der Waals surface area contributed by atoms with Crippen LogP contribution in [0.1, 0.15) is 18.6 Å². The maximum atomic E-state index is 9.63. The fraction of sp³-hybridized carbons (Fsp3) is 0.364. The molecule has 1 atom stereocenters. The van der Waals surface area contributed by atoms with E-state index in [1.165, 1.54) is 0 Å². The number of rotatable bonds is 4. The van der Waals surface area contributed by atoms with E-state index in [0.717, 1.165) is 0 Å². The number of benzene rings is 1. The summed E-state index contributed by atoms with van der Waals surface area (Å²) in [5.41, 5.74) is 0.686. The van der Waals surface area contributed by atoms with Gasteiger partial charge in [0.25, 0.3) is 0 Å². The van der Waals surface area contributed by atoms with Crippen LogP contribution in [0.3, 0.4) is 0 Å². The third-order valence-electron chi connectivity index (χ3n) is 1.84. The summed E-state index contributed by atoms with van der Waals surface area (Å²) in [5, 5.41) is 9.63. The Balaban J connectivity index is 2.89. The molecule has 0 aromatic heterocycles. The second-order valence-electron chi connectivity index (χ2n) is 2.83. The van der Waals surface area contributed by atoms with E-state index in [-0.39, 0.29) is 6.54 Å². The molecule has 0 amide bonds. The van der Waals surface area contributed by atoms with E-state index < -0.39 is 6.10 Å². The first kappa shape index (κ1) is 10.6. The van der Waals surface area contributed by atoms with E-state index in [0.29, 0.717) is 17.9 Å². The molecule has 0 fully saturated rings. The summed E-state index contributed by atoms with van der Waals surface area (Å²) in [6, 6.07) is 7.25. The summed E-state index contributed by atoms with van der Waals surface area (Å²) in [4.78, 5) is 3.16. The molecule has 0 aliphatic rings. The van der Waals surface area contributed by atoms with Gasteiger partial charge in [0.15, 0.2) is 6.10 Å². The average Bonchev–Trinajstić information content (AvgIpc) is 2.19. The molecule has 1 unspecified atom stereocenters. The quantitative estimate of drug-likeness (QED) is 0.739. The molecule has 3 heteroatoms. The Morgan fingerprint density at radius 1 is 1.50 bits per heavy atom. The zero-order chi connectivity index (χ0) is 10.4. The molecule has 1 rings (SSSR count). The predicted molar refractivity (Wildman–Crippen MR) is 54.0 cm³/mol. The van der Waals surface area contributed by atoms with Crippen LogP contribution in [0.5, 0.6) is 5.75 Å². The lowest BCUT2D eigenvalue weighted by molar-refractivity contribution is 0.188. The van der Waals surface area contributed by atoms with Crippen LogP contribution in [0.15, 0.2) is 24.3 Å². The highest BCUT2D eigenvalue weighted by molar-refractivity contribution is 5.35. The van der Waals surface area contributed by atoms with E-state index in [9.17, 15) is 5.11 Å². The molecule has 3 nitrogen and oxygen atoms in total. The zero-order valence-electron chi connectivity index (χ0n) is 8.10. The molecule has 0 heterocycles. The van der Waals surface area contributed by atoms with Crippen molar-refractivity contribution < 1.29 is 9.84 Å². The van der Waals surface area contributed by atoms with Crippen molar-refractivity contribution >= 4 is 0 Å². The number of aliphatic hydroxyl groups excluding tert-OH is 1. The molecule has 0 spiro atoms. The van der Waals surface area contributed by atoms with E-state index >= 15 is 0 Å². The Bertz CT molecular complexity index is 330. The van der Waals surface area contributed by atoms with Crippen LogP contribution < -0.4 is 4.74 Å². The third-order valence-corrected chi connectivity index (χ3v) is 1.84. The molecule has 0 aliphatic heterocycles. The van der Waals surface area contributed by atoms with Gasteiger partial charge < -0.3 is 14.7 Å². The monoisotopic (exact) mass is 191 g/mol. The van der Waals surface area contributed by atoms with Crippen LogP contribution in [-0.4, -0.2) is 18.3 Å². The molecule has 1 aromatic rings. The summed E-state index contributed by atoms with van der Waals surface area (Å²) in [6.07, 6.45) is -0.754. The second kappa shape index (κ2) is 5.25. The van der Waals surface area contributed by atoms with Gasteiger partial charge in [-0.05, 0) is 13.0 Å². The minimum absolute atomic E-state index is 0.0735. The number of ether oxygens (including phenoxy) is 1. The summed E-state index contributed by atoms with van der Waals surface area (Å²) in [6.45, 7) is 9.20. The predicted octanol–water partition coefficient (Wildman–Crippen LogP) is 2.04. The summed E-state index contributed by atoms with van der Waals surface area (Å²) in [5.74, 6) is 0.658. The van der Waals surface area contributed by atoms with Crippen molar-refractivity contribution in [1.82, 2.24) is 0 Å². The van der Waals surface area contributed by atoms with Gasteiger partial charge in [0, 0.05) is 5.56 Å². The Hall–Kier alpha value is -1.53. The fourth-order valence-electron chi connectivity index (χ4n) is 1.23. The molecule has 0 saturated heterocycles. The first-order valence-electron chi connectivity index (χ1n) is 4.52. The summed E-state index contributed by atoms with van der Waals surface area (Å²) >= 11 is 0. The molecule has 0 radical (unpaired) electrons. The van der Waals surface area contributed by atoms with Gasteiger partial charge in [-0.3, -0.25) is 0 Å². The van der Waals surface area contributed by atoms with Gasteiger partial charge in [-0.2, -0.15) is 0 Å². The molecule has 0 bridgehead atoms. The number of hydrogen-bond acceptors (Lipinski definition) is 2. The van der Waals surface area contributed by atoms with Gasteiger partial charge in [-0.15, -0.1) is 0 Å². The van der Waals surface area contributed by atoms with E-state index in [2.05, 4.69) is 4.85 Å². The topological polar surface area (TPSA) is 33.8 Å². The number of para-hydroxylation sites is 1. The Morgan fingerprint density at radius 2 is 2.21 bits per heavy atom. The number of aliphatic hydroxyl groups is 1. The van der Waals surface area contributed by atoms with E-state index in [1.54, 1.807) is 12.1 Å². The van der Waals surface area contributed by atoms with Crippen LogP contribution in [0.25, 0.3) is 4.85 Å². The lowest BCUT2D eigenvalue weighted by atomic mass is 10.1. The van der Waals surface area contributed by atoms with Crippen LogP contribution >= 0.6 is 0 Å². The minimum Gasteiger partial charge on any atom is -0.493 e. The SMILES string of the molecule is [C-]#[N+]CC(O)c1ccccc1OCC. The van der Waals surface area contributed by atoms with Crippen LogP contribution in [0, 0.1) is 6.57 Å². The standard InChI is InChI=1S/C11H13NO2/c1-3-14-11-7-5-4-6-9(11)10(13)8-12-2/h4-7,10,13H,3,8H2,1H3. The van der Waals surface area contributed by atoms with Crippen molar-refractivity contribution in [3.05, 3.63) is 41.2 Å². The van der Waals surface area contributed by atoms with Crippen LogP contribution in [0.4, 0.5) is 0 Å². The smallest absolute Gasteiger partial charge is 0.244 e. The summed E-state index contributed by atoms with van der Waals surface area (Å²) in [7, 11) is 0. The maximum Gasteiger partial charge on any atom is 0.244 e. The molecular formula is C11H13NO2. The summed E-state index contributed by atoms with van der Waals surface area (Å²) < 4.78 is 5.34. The van der Waals surface area contributed by atoms with Gasteiger partial charge in [0.2, 0.25) is 6.54 Å². The lowest BCUT2D eigenvalue weighted by Gasteiger charge is -2.11. The molecule has 14 heavy (non-hydrogen) atoms. The minimum atomic E-state index is -0.754. The molecule has 74 valence electrons. The van der Waals surface area contributed by atoms with Crippen LogP contribution in [-0.2, 0) is 0 Å². The van der Waals surface area contributed by atoms with Gasteiger partial charge in [0.1, 0.15) is 5.75 Å². The largest absolute Gasteiger partial charge is 0.493 e. The van der Waals surface area contributed by atoms with E-state index in [4.69, 9.17) is 11.3 Å². The van der Waals surface area contributed by atoms with Crippen molar-refractivity contribution in [2.24, 2.45) is 0 Å². The van der Waals surface area contributed by atoms with Gasteiger partial charge in [0.05, 0.1) is 6.61 Å². The van der Waals surface area contributed by atoms with Gasteiger partial charge in [-0.1, -0.05) is 18.2 Å². The molecule has 1 aromatic carbocycles. The molecule has 0 aliphatic carbocycles. The van der Waals surface area contributed by atoms with Gasteiger partial charge >= 0.3 is 0 Å². The maximum absolute atomic E-state index is 9.63. The Morgan fingerprint density at radius 3 is 2.86 bits per heavy atom. The highest BCUT2D eigenvalue weighted by Crippen LogP contribution is 2.24. The zero-order valence-corrected chi connectivity index (χ0v) is 8.10. The first-order chi connectivity index (χ1) is 6.79. The average molecular weight is 191 g/mol. The number of nitrogens with zero attached hydrogens (tertiary/aromatic N) is 1. The lowest BCUT2D eigenvalue weighted by Crippen LogP contribution is -2.04. The molecule has 0 saturated carbocycles. The van der Waals surface area contributed by atoms with Crippen molar-refractivity contribution in [1.29, 1.82) is 0 Å². The Labute approximate surface area is 83.8 Å². The Kier molecular flexibility index (Phi) is 3.96. The van der Waals surface area contributed by atoms with Crippen molar-refractivity contribution in [2.45, 2.75) is 13.0 Å². The highest BCUT2D eigenvalue weighted by atomic mass is 16.5. The van der Waals surface area contributed by atoms with Crippen molar-refractivity contribution in [3.63, 3.8) is 0 Å². The molecular weight excluding hydrogens is 178 g/mol. The second-order valence-corrected chi connectivity index (χ2v) is 2.83. The first-order valence-corrected chi connectivity index (χ1v) is 4.52. The van der Waals surface area contributed by atoms with E-state index in [1.807, 2.05) is 19.1 Å². The fourth-order valence-corrected chi connectivity index (χ4v) is 1.23. The van der Waals surface area contributed by atoms with Crippen molar-refractivity contribution in [2.75, 3.05) is 13.2 Å². The van der Waals surface area contributed by atoms with Crippen molar-refractivity contribution in [3.8, 4) is 5.75 Å². The van der Waals surface area contributed by atoms with Gasteiger partial charge in [-0.25, -0.2) is 6.57 Å². The molecule has 1 N–H and O–H groups in total.